The van der Waals surface area contributed by atoms with Gasteiger partial charge in [0, 0.05) is 9.79 Å². The van der Waals surface area contributed by atoms with Gasteiger partial charge in [-0.1, -0.05) is 109 Å². The van der Waals surface area contributed by atoms with Gasteiger partial charge in [0.15, 0.2) is 0 Å². The third-order valence-corrected chi connectivity index (χ3v) is 8.26. The van der Waals surface area contributed by atoms with Crippen molar-refractivity contribution in [2.45, 2.75) is 15.2 Å². The minimum absolute atomic E-state index is 0.566. The van der Waals surface area contributed by atoms with E-state index in [0.717, 1.165) is 9.79 Å². The summed E-state index contributed by atoms with van der Waals surface area (Å²) in [4.78, 5) is 1.96. The molecule has 0 bridgehead atoms. The Hall–Kier alpha value is -3.46. The highest BCUT2D eigenvalue weighted by molar-refractivity contribution is 7.80. The van der Waals surface area contributed by atoms with E-state index in [0.29, 0.717) is 0 Å². The number of hydrogen-bond donors (Lipinski definition) is 2. The second-order valence-electron chi connectivity index (χ2n) is 9.20. The van der Waals surface area contributed by atoms with Crippen LogP contribution in [0, 0.1) is 0 Å². The van der Waals surface area contributed by atoms with Crippen molar-refractivity contribution in [2.75, 3.05) is 0 Å². The third-order valence-electron chi connectivity index (χ3n) is 7.52. The first kappa shape index (κ1) is 20.9. The van der Waals surface area contributed by atoms with E-state index in [1.54, 1.807) is 0 Å². The predicted octanol–water partition coefficient (Wildman–Crippen LogP) is 8.93. The molecule has 0 saturated heterocycles. The first-order valence-corrected chi connectivity index (χ1v) is 12.7. The highest BCUT2D eigenvalue weighted by Gasteiger charge is 2.49. The molecule has 1 aliphatic carbocycles. The number of fused-ring (bicyclic) bond motifs is 5. The van der Waals surface area contributed by atoms with Crippen LogP contribution < -0.4 is 0 Å². The van der Waals surface area contributed by atoms with Crippen LogP contribution in [0.5, 0.6) is 0 Å². The summed E-state index contributed by atoms with van der Waals surface area (Å²) >= 11 is 10.3. The van der Waals surface area contributed by atoms with Crippen molar-refractivity contribution in [2.24, 2.45) is 0 Å². The zero-order chi connectivity index (χ0) is 23.6. The molecule has 35 heavy (non-hydrogen) atoms. The van der Waals surface area contributed by atoms with E-state index >= 15 is 0 Å². The normalized spacial score (nSPS) is 13.7. The van der Waals surface area contributed by atoms with Gasteiger partial charge in [-0.25, -0.2) is 0 Å². The molecule has 166 valence electrons. The van der Waals surface area contributed by atoms with E-state index in [1.807, 2.05) is 0 Å². The van der Waals surface area contributed by atoms with Gasteiger partial charge in [-0.15, -0.1) is 25.3 Å². The highest BCUT2D eigenvalue weighted by Crippen LogP contribution is 2.60. The molecule has 0 nitrogen and oxygen atoms in total. The Labute approximate surface area is 216 Å². The molecule has 0 atom stereocenters. The number of rotatable bonds is 2. The minimum atomic E-state index is -0.566. The summed E-state index contributed by atoms with van der Waals surface area (Å²) in [5.41, 5.74) is 6.95. The summed E-state index contributed by atoms with van der Waals surface area (Å²) in [6.45, 7) is 0. The Bertz CT molecular complexity index is 1650. The maximum absolute atomic E-state index is 5.14. The van der Waals surface area contributed by atoms with Crippen LogP contribution in [0.25, 0.3) is 32.7 Å². The predicted molar refractivity (Wildman–Crippen MR) is 153 cm³/mol. The smallest absolute Gasteiger partial charge is 0.0747 e. The minimum Gasteiger partial charge on any atom is -0.143 e. The van der Waals surface area contributed by atoms with E-state index in [-0.39, 0.29) is 0 Å². The van der Waals surface area contributed by atoms with Crippen LogP contribution in [0.1, 0.15) is 22.3 Å². The topological polar surface area (TPSA) is 0 Å². The van der Waals surface area contributed by atoms with E-state index < -0.39 is 5.41 Å². The Kier molecular flexibility index (Phi) is 4.64. The Morgan fingerprint density at radius 1 is 0.400 bits per heavy atom. The molecule has 2 heteroatoms. The lowest BCUT2D eigenvalue weighted by atomic mass is 9.65. The molecule has 0 saturated carbocycles. The summed E-state index contributed by atoms with van der Waals surface area (Å²) in [5, 5.41) is 4.85. The SMILES string of the molecule is Sc1ccc2ccccc2c1C1(c2c(S)ccc3ccccc23)c2ccccc2-c2ccccc21. The number of hydrogen-bond acceptors (Lipinski definition) is 2. The van der Waals surface area contributed by atoms with Gasteiger partial charge in [-0.05, 0) is 67.1 Å². The highest BCUT2D eigenvalue weighted by atomic mass is 32.1. The van der Waals surface area contributed by atoms with Crippen LogP contribution in [0.2, 0.25) is 0 Å². The van der Waals surface area contributed by atoms with Crippen molar-refractivity contribution in [1.82, 2.24) is 0 Å². The van der Waals surface area contributed by atoms with Gasteiger partial charge in [0.05, 0.1) is 5.41 Å². The zero-order valence-electron chi connectivity index (χ0n) is 18.9. The maximum atomic E-state index is 5.14. The molecule has 0 spiro atoms. The first-order valence-electron chi connectivity index (χ1n) is 11.8. The second-order valence-corrected chi connectivity index (χ2v) is 10.2. The van der Waals surface area contributed by atoms with Crippen LogP contribution in [-0.2, 0) is 5.41 Å². The molecule has 6 aromatic carbocycles. The van der Waals surface area contributed by atoms with Crippen molar-refractivity contribution >= 4 is 46.8 Å². The molecule has 6 aromatic rings. The lowest BCUT2D eigenvalue weighted by Crippen LogP contribution is -2.30. The third kappa shape index (κ3) is 2.78. The molecular weight excluding hydrogens is 460 g/mol. The van der Waals surface area contributed by atoms with Gasteiger partial charge in [0.2, 0.25) is 0 Å². The van der Waals surface area contributed by atoms with Crippen molar-refractivity contribution in [3.63, 3.8) is 0 Å². The van der Waals surface area contributed by atoms with E-state index in [1.165, 1.54) is 54.9 Å². The molecule has 0 unspecified atom stereocenters. The van der Waals surface area contributed by atoms with Gasteiger partial charge in [-0.2, -0.15) is 0 Å². The largest absolute Gasteiger partial charge is 0.143 e. The Morgan fingerprint density at radius 2 is 0.800 bits per heavy atom. The average Bonchev–Trinajstić information content (AvgIpc) is 3.19. The van der Waals surface area contributed by atoms with Gasteiger partial charge in [0.1, 0.15) is 0 Å². The van der Waals surface area contributed by atoms with Crippen LogP contribution in [0.4, 0.5) is 0 Å². The maximum Gasteiger partial charge on any atom is 0.0747 e. The zero-order valence-corrected chi connectivity index (χ0v) is 20.7. The molecule has 0 N–H and O–H groups in total. The summed E-state index contributed by atoms with van der Waals surface area (Å²) < 4.78 is 0. The lowest BCUT2D eigenvalue weighted by molar-refractivity contribution is 0.750. The van der Waals surface area contributed by atoms with E-state index in [2.05, 4.69) is 121 Å². The Balaban J connectivity index is 1.81. The molecule has 0 heterocycles. The summed E-state index contributed by atoms with van der Waals surface area (Å²) in [6.07, 6.45) is 0. The van der Waals surface area contributed by atoms with Gasteiger partial charge < -0.3 is 0 Å². The van der Waals surface area contributed by atoms with Gasteiger partial charge in [-0.3, -0.25) is 0 Å². The van der Waals surface area contributed by atoms with Gasteiger partial charge >= 0.3 is 0 Å². The van der Waals surface area contributed by atoms with Crippen molar-refractivity contribution < 1.29 is 0 Å². The number of benzene rings is 6. The van der Waals surface area contributed by atoms with Crippen molar-refractivity contribution in [3.05, 3.63) is 144 Å². The molecule has 0 fully saturated rings. The molecule has 7 rings (SSSR count). The second kappa shape index (κ2) is 7.78. The fourth-order valence-corrected chi connectivity index (χ4v) is 6.93. The van der Waals surface area contributed by atoms with Crippen LogP contribution in [-0.4, -0.2) is 0 Å². The average molecular weight is 483 g/mol. The fraction of sp³-hybridized carbons (Fsp3) is 0.0303. The summed E-state index contributed by atoms with van der Waals surface area (Å²) in [5.74, 6) is 0. The first-order chi connectivity index (χ1) is 17.2. The standard InChI is InChI=1S/C33H22S2/c34-29-19-17-21-9-1-3-11-23(21)31(29)33(32-24-12-4-2-10-22(24)18-20-30(32)35)27-15-7-5-13-25(27)26-14-6-8-16-28(26)33/h1-20,34-35H. The van der Waals surface area contributed by atoms with Crippen LogP contribution >= 0.6 is 25.3 Å². The Morgan fingerprint density at radius 3 is 1.29 bits per heavy atom. The monoisotopic (exact) mass is 482 g/mol. The van der Waals surface area contributed by atoms with Crippen LogP contribution in [0.3, 0.4) is 0 Å². The summed E-state index contributed by atoms with van der Waals surface area (Å²) in [6, 6.07) is 43.7. The van der Waals surface area contributed by atoms with E-state index in [9.17, 15) is 0 Å². The number of thiol groups is 2. The fourth-order valence-electron chi connectivity index (χ4n) is 6.21. The van der Waals surface area contributed by atoms with Crippen molar-refractivity contribution in [3.8, 4) is 11.1 Å². The lowest BCUT2D eigenvalue weighted by Gasteiger charge is -2.37. The molecule has 0 radical (unpaired) electrons. The van der Waals surface area contributed by atoms with Crippen molar-refractivity contribution in [1.29, 1.82) is 0 Å². The molecule has 0 aromatic heterocycles. The quantitative estimate of drug-likeness (QED) is 0.226. The van der Waals surface area contributed by atoms with Gasteiger partial charge in [0.25, 0.3) is 0 Å². The van der Waals surface area contributed by atoms with E-state index in [4.69, 9.17) is 25.3 Å². The molecular formula is C33H22S2. The summed E-state index contributed by atoms with van der Waals surface area (Å²) in [7, 11) is 0. The molecule has 0 amide bonds. The molecule has 1 aliphatic rings. The van der Waals surface area contributed by atoms with Crippen LogP contribution in [0.15, 0.2) is 131 Å². The molecule has 0 aliphatic heterocycles.